The summed E-state index contributed by atoms with van der Waals surface area (Å²) >= 11 is 7.04. The third kappa shape index (κ3) is 3.31. The van der Waals surface area contributed by atoms with Crippen molar-refractivity contribution in [3.63, 3.8) is 0 Å². The van der Waals surface area contributed by atoms with Crippen LogP contribution in [0.3, 0.4) is 0 Å². The Labute approximate surface area is 141 Å². The van der Waals surface area contributed by atoms with E-state index in [1.165, 1.54) is 0 Å². The Morgan fingerprint density at radius 3 is 2.57 bits per heavy atom. The fourth-order valence-corrected chi connectivity index (χ4v) is 3.53. The van der Waals surface area contributed by atoms with E-state index in [2.05, 4.69) is 56.2 Å². The first kappa shape index (κ1) is 16.5. The molecule has 1 aromatic heterocycles. The largest absolute Gasteiger partial charge is 0.493 e. The molecule has 1 aromatic carbocycles. The van der Waals surface area contributed by atoms with Crippen molar-refractivity contribution in [2.45, 2.75) is 25.9 Å². The number of halogens is 2. The second kappa shape index (κ2) is 6.91. The Morgan fingerprint density at radius 2 is 2.05 bits per heavy atom. The van der Waals surface area contributed by atoms with Gasteiger partial charge in [-0.2, -0.15) is 5.10 Å². The Bertz CT molecular complexity index is 627. The molecule has 2 rings (SSSR count). The molecule has 0 aliphatic carbocycles. The molecule has 0 aliphatic heterocycles. The number of ether oxygens (including phenoxy) is 1. The number of rotatable bonds is 5. The summed E-state index contributed by atoms with van der Waals surface area (Å²) in [6, 6.07) is 5.95. The summed E-state index contributed by atoms with van der Waals surface area (Å²) in [6.45, 7) is 4.14. The van der Waals surface area contributed by atoms with E-state index in [0.717, 1.165) is 20.2 Å². The molecule has 0 spiro atoms. The van der Waals surface area contributed by atoms with Crippen molar-refractivity contribution in [3.8, 4) is 5.75 Å². The minimum Gasteiger partial charge on any atom is -0.493 e. The van der Waals surface area contributed by atoms with Gasteiger partial charge in [0.25, 0.3) is 0 Å². The molecule has 1 unspecified atom stereocenters. The average molecular weight is 418 g/mol. The summed E-state index contributed by atoms with van der Waals surface area (Å²) in [4.78, 5) is 0. The lowest BCUT2D eigenvalue weighted by atomic mass is 10.0. The minimum atomic E-state index is -0.229. The van der Waals surface area contributed by atoms with Gasteiger partial charge in [-0.3, -0.25) is 10.5 Å². The molecule has 0 fully saturated rings. The fourth-order valence-electron chi connectivity index (χ4n) is 2.25. The van der Waals surface area contributed by atoms with E-state index in [9.17, 15) is 0 Å². The zero-order valence-corrected chi connectivity index (χ0v) is 15.3. The average Bonchev–Trinajstić information content (AvgIpc) is 2.86. The molecule has 0 saturated heterocycles. The highest BCUT2D eigenvalue weighted by atomic mass is 79.9. The van der Waals surface area contributed by atoms with E-state index in [0.29, 0.717) is 5.75 Å². The van der Waals surface area contributed by atoms with Gasteiger partial charge in [0.05, 0.1) is 19.3 Å². The van der Waals surface area contributed by atoms with Gasteiger partial charge >= 0.3 is 0 Å². The van der Waals surface area contributed by atoms with Gasteiger partial charge in [0.1, 0.15) is 5.69 Å². The van der Waals surface area contributed by atoms with E-state index in [1.54, 1.807) is 13.3 Å². The van der Waals surface area contributed by atoms with Gasteiger partial charge < -0.3 is 4.74 Å². The highest BCUT2D eigenvalue weighted by Gasteiger charge is 2.25. The number of aromatic nitrogens is 2. The lowest BCUT2D eigenvalue weighted by Crippen LogP contribution is -2.31. The molecule has 0 bridgehead atoms. The summed E-state index contributed by atoms with van der Waals surface area (Å²) < 4.78 is 9.31. The second-order valence-corrected chi connectivity index (χ2v) is 6.67. The SMILES string of the molecule is COc1cnn(C(C)C)c1C(NN)c1ccc(Br)cc1Br. The molecule has 0 radical (unpaired) electrons. The number of methoxy groups -OCH3 is 1. The van der Waals surface area contributed by atoms with E-state index in [1.807, 2.05) is 22.9 Å². The molecule has 1 atom stereocenters. The standard InChI is InChI=1S/C14H18Br2N4O/c1-8(2)20-14(12(21-3)7-18-20)13(19-17)10-5-4-9(15)6-11(10)16/h4-8,13,19H,17H2,1-3H3. The minimum absolute atomic E-state index is 0.203. The highest BCUT2D eigenvalue weighted by Crippen LogP contribution is 2.35. The number of nitrogens with two attached hydrogens (primary N) is 1. The molecule has 1 heterocycles. The van der Waals surface area contributed by atoms with Crippen LogP contribution in [0.15, 0.2) is 33.3 Å². The second-order valence-electron chi connectivity index (χ2n) is 4.90. The van der Waals surface area contributed by atoms with Crippen LogP contribution in [0.2, 0.25) is 0 Å². The quantitative estimate of drug-likeness (QED) is 0.576. The first-order valence-electron chi connectivity index (χ1n) is 6.52. The van der Waals surface area contributed by atoms with Crippen LogP contribution in [-0.2, 0) is 0 Å². The van der Waals surface area contributed by atoms with Crippen molar-refractivity contribution in [3.05, 3.63) is 44.6 Å². The number of benzene rings is 1. The van der Waals surface area contributed by atoms with Crippen LogP contribution in [0.1, 0.15) is 37.2 Å². The fraction of sp³-hybridized carbons (Fsp3) is 0.357. The Balaban J connectivity index is 2.58. The van der Waals surface area contributed by atoms with Gasteiger partial charge in [-0.15, -0.1) is 0 Å². The van der Waals surface area contributed by atoms with Gasteiger partial charge in [0.15, 0.2) is 5.75 Å². The predicted octanol–water partition coefficient (Wildman–Crippen LogP) is 3.55. The van der Waals surface area contributed by atoms with Crippen molar-refractivity contribution in [1.29, 1.82) is 0 Å². The maximum absolute atomic E-state index is 5.82. The third-order valence-corrected chi connectivity index (χ3v) is 4.40. The van der Waals surface area contributed by atoms with Gasteiger partial charge in [0.2, 0.25) is 0 Å². The lowest BCUT2D eigenvalue weighted by Gasteiger charge is -2.22. The van der Waals surface area contributed by atoms with Crippen LogP contribution in [-0.4, -0.2) is 16.9 Å². The molecular formula is C14H18Br2N4O. The van der Waals surface area contributed by atoms with Crippen LogP contribution in [0.25, 0.3) is 0 Å². The van der Waals surface area contributed by atoms with Crippen molar-refractivity contribution in [2.24, 2.45) is 5.84 Å². The Morgan fingerprint density at radius 1 is 1.33 bits per heavy atom. The van der Waals surface area contributed by atoms with Crippen LogP contribution >= 0.6 is 31.9 Å². The number of nitrogens with one attached hydrogen (secondary N) is 1. The van der Waals surface area contributed by atoms with Crippen LogP contribution in [0.5, 0.6) is 5.75 Å². The molecular weight excluding hydrogens is 400 g/mol. The molecule has 0 amide bonds. The highest BCUT2D eigenvalue weighted by molar-refractivity contribution is 9.11. The van der Waals surface area contributed by atoms with Gasteiger partial charge in [-0.25, -0.2) is 5.43 Å². The van der Waals surface area contributed by atoms with E-state index in [-0.39, 0.29) is 12.1 Å². The monoisotopic (exact) mass is 416 g/mol. The summed E-state index contributed by atoms with van der Waals surface area (Å²) in [5.41, 5.74) is 4.78. The van der Waals surface area contributed by atoms with Crippen LogP contribution in [0, 0.1) is 0 Å². The van der Waals surface area contributed by atoms with E-state index < -0.39 is 0 Å². The number of hydrazine groups is 1. The van der Waals surface area contributed by atoms with Crippen molar-refractivity contribution in [2.75, 3.05) is 7.11 Å². The third-order valence-electron chi connectivity index (χ3n) is 3.22. The zero-order chi connectivity index (χ0) is 15.6. The molecule has 2 aromatic rings. The van der Waals surface area contributed by atoms with E-state index in [4.69, 9.17) is 10.6 Å². The molecule has 0 aliphatic rings. The first-order chi connectivity index (χ1) is 9.99. The summed E-state index contributed by atoms with van der Waals surface area (Å²) in [5.74, 6) is 6.53. The Hall–Kier alpha value is -0.890. The lowest BCUT2D eigenvalue weighted by molar-refractivity contribution is 0.394. The summed E-state index contributed by atoms with van der Waals surface area (Å²) in [5, 5.41) is 4.40. The number of nitrogens with zero attached hydrogens (tertiary/aromatic N) is 2. The predicted molar refractivity (Wildman–Crippen MR) is 90.2 cm³/mol. The first-order valence-corrected chi connectivity index (χ1v) is 8.10. The molecule has 0 saturated carbocycles. The maximum Gasteiger partial charge on any atom is 0.161 e. The molecule has 21 heavy (non-hydrogen) atoms. The molecule has 3 N–H and O–H groups in total. The molecule has 114 valence electrons. The van der Waals surface area contributed by atoms with Gasteiger partial charge in [-0.1, -0.05) is 37.9 Å². The number of hydrogen-bond donors (Lipinski definition) is 2. The van der Waals surface area contributed by atoms with Crippen LogP contribution in [0.4, 0.5) is 0 Å². The zero-order valence-electron chi connectivity index (χ0n) is 12.1. The normalized spacial score (nSPS) is 12.7. The number of hydrogen-bond acceptors (Lipinski definition) is 4. The van der Waals surface area contributed by atoms with Crippen molar-refractivity contribution < 1.29 is 4.74 Å². The maximum atomic E-state index is 5.82. The Kier molecular flexibility index (Phi) is 5.43. The molecule has 7 heteroatoms. The summed E-state index contributed by atoms with van der Waals surface area (Å²) in [7, 11) is 1.63. The molecule has 5 nitrogen and oxygen atoms in total. The topological polar surface area (TPSA) is 65.1 Å². The smallest absolute Gasteiger partial charge is 0.161 e. The van der Waals surface area contributed by atoms with Crippen LogP contribution < -0.4 is 16.0 Å². The van der Waals surface area contributed by atoms with Crippen molar-refractivity contribution in [1.82, 2.24) is 15.2 Å². The van der Waals surface area contributed by atoms with Gasteiger partial charge in [-0.05, 0) is 31.5 Å². The van der Waals surface area contributed by atoms with Gasteiger partial charge in [0, 0.05) is 15.0 Å². The van der Waals surface area contributed by atoms with Crippen molar-refractivity contribution >= 4 is 31.9 Å². The summed E-state index contributed by atoms with van der Waals surface area (Å²) in [6.07, 6.45) is 1.71. The van der Waals surface area contributed by atoms with E-state index >= 15 is 0 Å².